The topological polar surface area (TPSA) is 46.5 Å². The van der Waals surface area contributed by atoms with Crippen molar-refractivity contribution in [3.63, 3.8) is 0 Å². The largest absolute Gasteiger partial charge is 0.496 e. The lowest BCUT2D eigenvalue weighted by Gasteiger charge is -2.20. The summed E-state index contributed by atoms with van der Waals surface area (Å²) >= 11 is 0. The first-order valence-corrected chi connectivity index (χ1v) is 8.08. The van der Waals surface area contributed by atoms with Gasteiger partial charge in [0.05, 0.1) is 13.5 Å². The van der Waals surface area contributed by atoms with Crippen molar-refractivity contribution in [2.45, 2.75) is 56.8 Å². The van der Waals surface area contributed by atoms with Crippen molar-refractivity contribution in [1.82, 2.24) is 0 Å². The van der Waals surface area contributed by atoms with Crippen LogP contribution in [-0.4, -0.2) is 18.2 Å². The van der Waals surface area contributed by atoms with Gasteiger partial charge in [0.1, 0.15) is 5.75 Å². The average Bonchev–Trinajstić information content (AvgIpc) is 3.18. The van der Waals surface area contributed by atoms with Crippen LogP contribution in [0.15, 0.2) is 18.2 Å². The average molecular weight is 288 g/mol. The van der Waals surface area contributed by atoms with Crippen LogP contribution in [-0.2, 0) is 4.79 Å². The number of carbonyl (C=O) groups is 1. The second-order valence-corrected chi connectivity index (χ2v) is 6.52. The number of hydrogen-bond donors (Lipinski definition) is 1. The van der Waals surface area contributed by atoms with E-state index in [1.54, 1.807) is 7.11 Å². The van der Waals surface area contributed by atoms with E-state index in [0.717, 1.165) is 5.75 Å². The molecule has 1 aromatic rings. The number of benzene rings is 1. The van der Waals surface area contributed by atoms with Gasteiger partial charge in [-0.1, -0.05) is 25.0 Å². The van der Waals surface area contributed by atoms with Crippen molar-refractivity contribution in [1.29, 1.82) is 0 Å². The molecular formula is C18H24O3. The molecule has 0 heterocycles. The van der Waals surface area contributed by atoms with E-state index in [2.05, 4.69) is 12.1 Å². The van der Waals surface area contributed by atoms with Crippen LogP contribution in [0.4, 0.5) is 0 Å². The summed E-state index contributed by atoms with van der Waals surface area (Å²) in [6.07, 6.45) is 7.63. The molecule has 1 unspecified atom stereocenters. The van der Waals surface area contributed by atoms with E-state index < -0.39 is 5.97 Å². The van der Waals surface area contributed by atoms with Gasteiger partial charge in [0.2, 0.25) is 0 Å². The van der Waals surface area contributed by atoms with E-state index in [9.17, 15) is 9.90 Å². The number of methoxy groups -OCH3 is 1. The molecule has 0 amide bonds. The number of hydrogen-bond acceptors (Lipinski definition) is 2. The van der Waals surface area contributed by atoms with Gasteiger partial charge < -0.3 is 9.84 Å². The Hall–Kier alpha value is -1.51. The minimum atomic E-state index is -0.690. The molecule has 0 saturated heterocycles. The Morgan fingerprint density at radius 3 is 2.57 bits per heavy atom. The number of carboxylic acid groups (broad SMARTS) is 1. The number of aliphatic carboxylic acids is 1. The van der Waals surface area contributed by atoms with Gasteiger partial charge in [-0.05, 0) is 60.6 Å². The van der Waals surface area contributed by atoms with Crippen LogP contribution in [0.1, 0.15) is 67.9 Å². The molecule has 2 saturated carbocycles. The maximum absolute atomic E-state index is 11.2. The molecule has 3 rings (SSSR count). The van der Waals surface area contributed by atoms with E-state index in [-0.39, 0.29) is 12.3 Å². The smallest absolute Gasteiger partial charge is 0.303 e. The van der Waals surface area contributed by atoms with Crippen molar-refractivity contribution in [3.8, 4) is 5.75 Å². The highest BCUT2D eigenvalue weighted by Crippen LogP contribution is 2.46. The Balaban J connectivity index is 1.90. The summed E-state index contributed by atoms with van der Waals surface area (Å²) in [5.41, 5.74) is 2.49. The van der Waals surface area contributed by atoms with Gasteiger partial charge in [-0.15, -0.1) is 0 Å². The summed E-state index contributed by atoms with van der Waals surface area (Å²) in [6, 6.07) is 6.35. The van der Waals surface area contributed by atoms with Gasteiger partial charge in [0, 0.05) is 0 Å². The molecule has 0 radical (unpaired) electrons. The minimum Gasteiger partial charge on any atom is -0.496 e. The van der Waals surface area contributed by atoms with E-state index >= 15 is 0 Å². The number of ether oxygens (including phenoxy) is 1. The molecule has 0 aliphatic heterocycles. The molecule has 3 nitrogen and oxygen atoms in total. The van der Waals surface area contributed by atoms with Crippen LogP contribution in [0.5, 0.6) is 5.75 Å². The fourth-order valence-corrected chi connectivity index (χ4v) is 3.78. The Labute approximate surface area is 126 Å². The van der Waals surface area contributed by atoms with Gasteiger partial charge in [-0.25, -0.2) is 0 Å². The van der Waals surface area contributed by atoms with Gasteiger partial charge in [0.15, 0.2) is 0 Å². The predicted octanol–water partition coefficient (Wildman–Crippen LogP) is 4.32. The highest BCUT2D eigenvalue weighted by molar-refractivity contribution is 5.68. The predicted molar refractivity (Wildman–Crippen MR) is 81.9 cm³/mol. The summed E-state index contributed by atoms with van der Waals surface area (Å²) in [4.78, 5) is 11.2. The Bertz CT molecular complexity index is 513. The molecule has 2 aliphatic carbocycles. The second kappa shape index (κ2) is 6.08. The van der Waals surface area contributed by atoms with Crippen LogP contribution in [0.2, 0.25) is 0 Å². The Kier molecular flexibility index (Phi) is 4.18. The first-order valence-electron chi connectivity index (χ1n) is 8.08. The molecule has 2 fully saturated rings. The standard InChI is InChI=1S/C18H24O3/c1-21-17-9-8-14(10-16(17)12-4-2-3-5-12)15(11-18(19)20)13-6-7-13/h8-10,12-13,15H,2-7,11H2,1H3,(H,19,20). The zero-order valence-corrected chi connectivity index (χ0v) is 12.7. The van der Waals surface area contributed by atoms with Gasteiger partial charge in [0.25, 0.3) is 0 Å². The fraction of sp³-hybridized carbons (Fsp3) is 0.611. The number of rotatable bonds is 6. The highest BCUT2D eigenvalue weighted by Gasteiger charge is 2.34. The maximum Gasteiger partial charge on any atom is 0.303 e. The van der Waals surface area contributed by atoms with E-state index in [4.69, 9.17) is 4.74 Å². The molecule has 3 heteroatoms. The summed E-state index contributed by atoms with van der Waals surface area (Å²) in [5, 5.41) is 9.18. The summed E-state index contributed by atoms with van der Waals surface area (Å²) < 4.78 is 5.53. The molecule has 2 aliphatic rings. The van der Waals surface area contributed by atoms with Crippen molar-refractivity contribution in [2.75, 3.05) is 7.11 Å². The lowest BCUT2D eigenvalue weighted by atomic mass is 9.87. The van der Waals surface area contributed by atoms with Gasteiger partial charge in [-0.3, -0.25) is 4.79 Å². The summed E-state index contributed by atoms with van der Waals surface area (Å²) in [6.45, 7) is 0. The molecule has 1 N–H and O–H groups in total. The molecule has 1 atom stereocenters. The van der Waals surface area contributed by atoms with Crippen LogP contribution >= 0.6 is 0 Å². The molecule has 21 heavy (non-hydrogen) atoms. The van der Waals surface area contributed by atoms with E-state index in [1.807, 2.05) is 6.07 Å². The van der Waals surface area contributed by atoms with Crippen molar-refractivity contribution >= 4 is 5.97 Å². The van der Waals surface area contributed by atoms with Crippen molar-refractivity contribution in [2.24, 2.45) is 5.92 Å². The normalized spacial score (nSPS) is 20.4. The lowest BCUT2D eigenvalue weighted by molar-refractivity contribution is -0.137. The SMILES string of the molecule is COc1ccc(C(CC(=O)O)C2CC2)cc1C1CCCC1. The summed E-state index contributed by atoms with van der Waals surface area (Å²) in [5.74, 6) is 1.60. The molecule has 1 aromatic carbocycles. The van der Waals surface area contributed by atoms with Gasteiger partial charge >= 0.3 is 5.97 Å². The molecule has 0 aromatic heterocycles. The number of carboxylic acids is 1. The third kappa shape index (κ3) is 3.22. The molecular weight excluding hydrogens is 264 g/mol. The molecule has 0 bridgehead atoms. The third-order valence-corrected chi connectivity index (χ3v) is 5.06. The Morgan fingerprint density at radius 1 is 1.29 bits per heavy atom. The maximum atomic E-state index is 11.2. The summed E-state index contributed by atoms with van der Waals surface area (Å²) in [7, 11) is 1.73. The fourth-order valence-electron chi connectivity index (χ4n) is 3.78. The van der Waals surface area contributed by atoms with Crippen LogP contribution < -0.4 is 4.74 Å². The lowest BCUT2D eigenvalue weighted by Crippen LogP contribution is -2.09. The first-order chi connectivity index (χ1) is 10.2. The zero-order valence-electron chi connectivity index (χ0n) is 12.7. The minimum absolute atomic E-state index is 0.175. The quantitative estimate of drug-likeness (QED) is 0.848. The first kappa shape index (κ1) is 14.4. The van der Waals surface area contributed by atoms with E-state index in [1.165, 1.54) is 49.7 Å². The van der Waals surface area contributed by atoms with Crippen molar-refractivity contribution in [3.05, 3.63) is 29.3 Å². The zero-order chi connectivity index (χ0) is 14.8. The molecule has 0 spiro atoms. The highest BCUT2D eigenvalue weighted by atomic mass is 16.5. The van der Waals surface area contributed by atoms with Crippen LogP contribution in [0.25, 0.3) is 0 Å². The second-order valence-electron chi connectivity index (χ2n) is 6.52. The van der Waals surface area contributed by atoms with Crippen LogP contribution in [0, 0.1) is 5.92 Å². The molecule has 114 valence electrons. The van der Waals surface area contributed by atoms with E-state index in [0.29, 0.717) is 11.8 Å². The van der Waals surface area contributed by atoms with Crippen molar-refractivity contribution < 1.29 is 14.6 Å². The van der Waals surface area contributed by atoms with Crippen LogP contribution in [0.3, 0.4) is 0 Å². The van der Waals surface area contributed by atoms with Gasteiger partial charge in [-0.2, -0.15) is 0 Å². The Morgan fingerprint density at radius 2 is 2.00 bits per heavy atom. The third-order valence-electron chi connectivity index (χ3n) is 5.06. The monoisotopic (exact) mass is 288 g/mol.